The molecular weight excluding hydrogens is 332 g/mol. The van der Waals surface area contributed by atoms with Crippen LogP contribution in [0.3, 0.4) is 0 Å². The average Bonchev–Trinajstić information content (AvgIpc) is 2.67. The van der Waals surface area contributed by atoms with Crippen LogP contribution >= 0.6 is 0 Å². The summed E-state index contributed by atoms with van der Waals surface area (Å²) < 4.78 is 15.9. The van der Waals surface area contributed by atoms with Crippen molar-refractivity contribution >= 4 is 5.96 Å². The van der Waals surface area contributed by atoms with Crippen molar-refractivity contribution < 1.29 is 14.2 Å². The van der Waals surface area contributed by atoms with Crippen LogP contribution in [0.5, 0.6) is 11.5 Å². The molecule has 0 aromatic heterocycles. The number of benzene rings is 1. The second-order valence-corrected chi connectivity index (χ2v) is 5.95. The Hall–Kier alpha value is -1.99. The number of guanidine groups is 1. The molecule has 0 bridgehead atoms. The monoisotopic (exact) mass is 366 g/mol. The Labute approximate surface area is 157 Å². The number of nitrogens with one attached hydrogen (secondary N) is 2. The van der Waals surface area contributed by atoms with Crippen molar-refractivity contribution in [2.75, 3.05) is 67.7 Å². The van der Waals surface area contributed by atoms with E-state index in [9.17, 15) is 0 Å². The van der Waals surface area contributed by atoms with E-state index >= 15 is 0 Å². The summed E-state index contributed by atoms with van der Waals surface area (Å²) in [5.41, 5.74) is 0. The minimum absolute atomic E-state index is 0.651. The van der Waals surface area contributed by atoms with E-state index in [0.717, 1.165) is 63.1 Å². The highest BCUT2D eigenvalue weighted by molar-refractivity contribution is 5.79. The van der Waals surface area contributed by atoms with Gasteiger partial charge in [-0.1, -0.05) is 0 Å². The molecule has 26 heavy (non-hydrogen) atoms. The quantitative estimate of drug-likeness (QED) is 0.314. The van der Waals surface area contributed by atoms with E-state index < -0.39 is 0 Å². The fourth-order valence-corrected chi connectivity index (χ4v) is 2.32. The first-order chi connectivity index (χ1) is 12.7. The Morgan fingerprint density at radius 1 is 0.962 bits per heavy atom. The molecule has 7 nitrogen and oxygen atoms in total. The van der Waals surface area contributed by atoms with Gasteiger partial charge in [0.25, 0.3) is 0 Å². The summed E-state index contributed by atoms with van der Waals surface area (Å²) in [5.74, 6) is 2.50. The summed E-state index contributed by atoms with van der Waals surface area (Å²) >= 11 is 0. The number of aliphatic imine (C=N–C) groups is 1. The van der Waals surface area contributed by atoms with Crippen LogP contribution in [-0.4, -0.2) is 78.6 Å². The molecule has 0 aliphatic rings. The lowest BCUT2D eigenvalue weighted by Crippen LogP contribution is -2.41. The van der Waals surface area contributed by atoms with Crippen LogP contribution in [0.2, 0.25) is 0 Å². The van der Waals surface area contributed by atoms with Crippen molar-refractivity contribution in [3.8, 4) is 11.5 Å². The summed E-state index contributed by atoms with van der Waals surface area (Å²) in [6.07, 6.45) is 1.94. The van der Waals surface area contributed by atoms with Gasteiger partial charge in [-0.25, -0.2) is 0 Å². The molecule has 0 aliphatic carbocycles. The Kier molecular flexibility index (Phi) is 12.1. The molecule has 0 heterocycles. The van der Waals surface area contributed by atoms with Gasteiger partial charge in [0.1, 0.15) is 11.5 Å². The maximum atomic E-state index is 5.71. The molecule has 0 radical (unpaired) electrons. The molecule has 0 unspecified atom stereocenters. The second kappa shape index (κ2) is 14.2. The van der Waals surface area contributed by atoms with E-state index in [1.807, 2.05) is 24.3 Å². The van der Waals surface area contributed by atoms with E-state index in [2.05, 4.69) is 27.6 Å². The smallest absolute Gasteiger partial charge is 0.191 e. The first-order valence-corrected chi connectivity index (χ1v) is 9.08. The van der Waals surface area contributed by atoms with E-state index in [0.29, 0.717) is 6.61 Å². The summed E-state index contributed by atoms with van der Waals surface area (Å²) in [6.45, 7) is 5.11. The topological polar surface area (TPSA) is 67.4 Å². The van der Waals surface area contributed by atoms with Crippen LogP contribution < -0.4 is 20.1 Å². The van der Waals surface area contributed by atoms with Crippen LogP contribution in [0, 0.1) is 0 Å². The number of hydrogen-bond acceptors (Lipinski definition) is 5. The van der Waals surface area contributed by atoms with Gasteiger partial charge in [0.05, 0.1) is 13.7 Å². The SMILES string of the molecule is CN=C(NCCCOc1ccc(OC)cc1)NCCN(C)CCCOC. The van der Waals surface area contributed by atoms with Crippen LogP contribution in [0.4, 0.5) is 0 Å². The third kappa shape index (κ3) is 10.1. The molecule has 0 saturated heterocycles. The van der Waals surface area contributed by atoms with Crippen LogP contribution in [-0.2, 0) is 4.74 Å². The maximum absolute atomic E-state index is 5.71. The third-order valence-corrected chi connectivity index (χ3v) is 3.84. The minimum atomic E-state index is 0.651. The molecule has 148 valence electrons. The van der Waals surface area contributed by atoms with Gasteiger partial charge in [-0.3, -0.25) is 4.99 Å². The summed E-state index contributed by atoms with van der Waals surface area (Å²) in [5, 5.41) is 6.62. The van der Waals surface area contributed by atoms with Gasteiger partial charge >= 0.3 is 0 Å². The molecular formula is C19H34N4O3. The zero-order valence-electron chi connectivity index (χ0n) is 16.6. The molecule has 2 N–H and O–H groups in total. The third-order valence-electron chi connectivity index (χ3n) is 3.84. The molecule has 1 aromatic carbocycles. The molecule has 0 spiro atoms. The standard InChI is InChI=1S/C19H34N4O3/c1-20-19(22-12-14-23(2)13-6-15-24-3)21-11-5-16-26-18-9-7-17(25-4)8-10-18/h7-10H,5-6,11-16H2,1-4H3,(H2,20,21,22). The molecule has 7 heteroatoms. The van der Waals surface area contributed by atoms with Crippen LogP contribution in [0.1, 0.15) is 12.8 Å². The largest absolute Gasteiger partial charge is 0.497 e. The van der Waals surface area contributed by atoms with Crippen LogP contribution in [0.15, 0.2) is 29.3 Å². The molecule has 0 saturated carbocycles. The summed E-state index contributed by atoms with van der Waals surface area (Å²) in [4.78, 5) is 6.52. The Bertz CT molecular complexity index is 494. The molecule has 1 rings (SSSR count). The Balaban J connectivity index is 2.08. The number of likely N-dealkylation sites (N-methyl/N-ethyl adjacent to an activating group) is 1. The van der Waals surface area contributed by atoms with E-state index in [-0.39, 0.29) is 0 Å². The van der Waals surface area contributed by atoms with Crippen molar-refractivity contribution in [2.24, 2.45) is 4.99 Å². The van der Waals surface area contributed by atoms with Gasteiger partial charge < -0.3 is 29.7 Å². The van der Waals surface area contributed by atoms with Crippen molar-refractivity contribution in [2.45, 2.75) is 12.8 Å². The zero-order chi connectivity index (χ0) is 19.0. The highest BCUT2D eigenvalue weighted by Gasteiger charge is 2.01. The first kappa shape index (κ1) is 22.1. The second-order valence-electron chi connectivity index (χ2n) is 5.95. The molecule has 0 atom stereocenters. The number of nitrogens with zero attached hydrogens (tertiary/aromatic N) is 2. The van der Waals surface area contributed by atoms with Crippen molar-refractivity contribution in [3.63, 3.8) is 0 Å². The molecule has 0 aliphatic heterocycles. The van der Waals surface area contributed by atoms with Crippen LogP contribution in [0.25, 0.3) is 0 Å². The fraction of sp³-hybridized carbons (Fsp3) is 0.632. The Morgan fingerprint density at radius 2 is 1.65 bits per heavy atom. The highest BCUT2D eigenvalue weighted by Crippen LogP contribution is 2.16. The lowest BCUT2D eigenvalue weighted by molar-refractivity contribution is 0.180. The van der Waals surface area contributed by atoms with E-state index in [1.54, 1.807) is 21.3 Å². The fourth-order valence-electron chi connectivity index (χ4n) is 2.32. The number of ether oxygens (including phenoxy) is 3. The van der Waals surface area contributed by atoms with Gasteiger partial charge in [-0.2, -0.15) is 0 Å². The van der Waals surface area contributed by atoms with E-state index in [1.165, 1.54) is 0 Å². The molecule has 0 amide bonds. The summed E-state index contributed by atoms with van der Waals surface area (Å²) in [7, 11) is 7.29. The van der Waals surface area contributed by atoms with Gasteiger partial charge in [0.15, 0.2) is 5.96 Å². The number of rotatable bonds is 13. The lowest BCUT2D eigenvalue weighted by Gasteiger charge is -2.18. The molecule has 1 aromatic rings. The van der Waals surface area contributed by atoms with Crippen molar-refractivity contribution in [1.29, 1.82) is 0 Å². The normalized spacial score (nSPS) is 11.5. The number of methoxy groups -OCH3 is 2. The van der Waals surface area contributed by atoms with Gasteiger partial charge in [-0.15, -0.1) is 0 Å². The minimum Gasteiger partial charge on any atom is -0.497 e. The summed E-state index contributed by atoms with van der Waals surface area (Å²) in [6, 6.07) is 7.61. The molecule has 0 fully saturated rings. The predicted molar refractivity (Wildman–Crippen MR) is 106 cm³/mol. The zero-order valence-corrected chi connectivity index (χ0v) is 16.6. The van der Waals surface area contributed by atoms with Gasteiger partial charge in [0, 0.05) is 46.9 Å². The average molecular weight is 367 g/mol. The Morgan fingerprint density at radius 3 is 2.31 bits per heavy atom. The first-order valence-electron chi connectivity index (χ1n) is 9.08. The van der Waals surface area contributed by atoms with Gasteiger partial charge in [0.2, 0.25) is 0 Å². The predicted octanol–water partition coefficient (Wildman–Crippen LogP) is 1.60. The maximum Gasteiger partial charge on any atom is 0.191 e. The number of hydrogen-bond donors (Lipinski definition) is 2. The van der Waals surface area contributed by atoms with Crippen molar-refractivity contribution in [3.05, 3.63) is 24.3 Å². The van der Waals surface area contributed by atoms with Crippen molar-refractivity contribution in [1.82, 2.24) is 15.5 Å². The van der Waals surface area contributed by atoms with E-state index in [4.69, 9.17) is 14.2 Å². The highest BCUT2D eigenvalue weighted by atomic mass is 16.5. The van der Waals surface area contributed by atoms with Gasteiger partial charge in [-0.05, 0) is 44.2 Å². The lowest BCUT2D eigenvalue weighted by atomic mass is 10.3.